The van der Waals surface area contributed by atoms with Gasteiger partial charge in [0, 0.05) is 12.2 Å². The molecule has 0 saturated carbocycles. The van der Waals surface area contributed by atoms with Crippen LogP contribution in [-0.2, 0) is 16.0 Å². The Morgan fingerprint density at radius 1 is 1.04 bits per heavy atom. The van der Waals surface area contributed by atoms with Gasteiger partial charge in [-0.05, 0) is 35.9 Å². The maximum atomic E-state index is 12.1. The lowest BCUT2D eigenvalue weighted by Crippen LogP contribution is -2.49. The minimum absolute atomic E-state index is 0.166. The second-order valence-electron chi connectivity index (χ2n) is 5.91. The van der Waals surface area contributed by atoms with Crippen molar-refractivity contribution < 1.29 is 14.4 Å². The van der Waals surface area contributed by atoms with Gasteiger partial charge in [-0.25, -0.2) is 0 Å². The van der Waals surface area contributed by atoms with Crippen molar-refractivity contribution in [3.63, 3.8) is 0 Å². The normalized spacial score (nSPS) is 12.8. The quantitative estimate of drug-likeness (QED) is 0.685. The molecule has 0 radical (unpaired) electrons. The van der Waals surface area contributed by atoms with Crippen LogP contribution < -0.4 is 21.1 Å². The maximum Gasteiger partial charge on any atom is 0.261 e. The van der Waals surface area contributed by atoms with Gasteiger partial charge >= 0.3 is 0 Å². The molecule has 0 saturated heterocycles. The van der Waals surface area contributed by atoms with Gasteiger partial charge in [-0.3, -0.25) is 25.2 Å². The van der Waals surface area contributed by atoms with E-state index >= 15 is 0 Å². The van der Waals surface area contributed by atoms with E-state index in [1.54, 1.807) is 17.5 Å². The number of hydrogen-bond acceptors (Lipinski definition) is 5. The number of hydrazine groups is 1. The summed E-state index contributed by atoms with van der Waals surface area (Å²) in [6, 6.07) is 11.5. The van der Waals surface area contributed by atoms with Gasteiger partial charge in [-0.1, -0.05) is 24.3 Å². The SMILES string of the molecule is O=C(CNC(=O)c1cccs1)NNC(=O)CN1CCCc2ccccc21. The van der Waals surface area contributed by atoms with Crippen LogP contribution in [0.2, 0.25) is 0 Å². The lowest BCUT2D eigenvalue weighted by atomic mass is 10.0. The van der Waals surface area contributed by atoms with Crippen LogP contribution in [0.5, 0.6) is 0 Å². The Labute approximate surface area is 155 Å². The number of rotatable bonds is 5. The van der Waals surface area contributed by atoms with E-state index < -0.39 is 5.91 Å². The number of amides is 3. The first-order chi connectivity index (χ1) is 12.6. The highest BCUT2D eigenvalue weighted by Gasteiger charge is 2.18. The van der Waals surface area contributed by atoms with Crippen LogP contribution in [0.1, 0.15) is 21.7 Å². The van der Waals surface area contributed by atoms with E-state index in [-0.39, 0.29) is 24.9 Å². The third-order valence-corrected chi connectivity index (χ3v) is 4.91. The van der Waals surface area contributed by atoms with Gasteiger partial charge in [0.25, 0.3) is 17.7 Å². The van der Waals surface area contributed by atoms with Gasteiger partial charge < -0.3 is 10.2 Å². The smallest absolute Gasteiger partial charge is 0.261 e. The summed E-state index contributed by atoms with van der Waals surface area (Å²) in [4.78, 5) is 38.1. The van der Waals surface area contributed by atoms with Crippen molar-refractivity contribution in [3.05, 3.63) is 52.2 Å². The zero-order chi connectivity index (χ0) is 18.4. The molecule has 8 heteroatoms. The van der Waals surface area contributed by atoms with Crippen LogP contribution in [0, 0.1) is 0 Å². The van der Waals surface area contributed by atoms with Crippen LogP contribution in [0.3, 0.4) is 0 Å². The number of hydrogen-bond donors (Lipinski definition) is 3. The second kappa shape index (κ2) is 8.48. The van der Waals surface area contributed by atoms with E-state index in [0.717, 1.165) is 25.1 Å². The topological polar surface area (TPSA) is 90.5 Å². The Kier molecular flexibility index (Phi) is 5.85. The first kappa shape index (κ1) is 17.9. The molecular weight excluding hydrogens is 352 g/mol. The molecule has 0 bridgehead atoms. The summed E-state index contributed by atoms with van der Waals surface area (Å²) in [5.74, 6) is -1.10. The highest BCUT2D eigenvalue weighted by Crippen LogP contribution is 2.26. The first-order valence-corrected chi connectivity index (χ1v) is 9.23. The summed E-state index contributed by atoms with van der Waals surface area (Å²) in [6.45, 7) is 0.762. The molecule has 26 heavy (non-hydrogen) atoms. The van der Waals surface area contributed by atoms with E-state index in [9.17, 15) is 14.4 Å². The molecule has 0 atom stereocenters. The number of thiophene rings is 1. The molecule has 0 fully saturated rings. The third-order valence-electron chi connectivity index (χ3n) is 4.04. The standard InChI is InChI=1S/C18H20N4O3S/c23-16(11-19-18(25)15-8-4-10-26-15)20-21-17(24)12-22-9-3-6-13-5-1-2-7-14(13)22/h1-2,4-5,7-8,10H,3,6,9,11-12H2,(H,19,25)(H,20,23)(H,21,24). The first-order valence-electron chi connectivity index (χ1n) is 8.36. The van der Waals surface area contributed by atoms with E-state index in [1.165, 1.54) is 16.9 Å². The molecule has 2 heterocycles. The van der Waals surface area contributed by atoms with Crippen LogP contribution in [0.4, 0.5) is 5.69 Å². The largest absolute Gasteiger partial charge is 0.362 e. The number of anilines is 1. The van der Waals surface area contributed by atoms with Crippen molar-refractivity contribution in [2.75, 3.05) is 24.5 Å². The lowest BCUT2D eigenvalue weighted by molar-refractivity contribution is -0.127. The number of nitrogens with one attached hydrogen (secondary N) is 3. The average Bonchev–Trinajstić information content (AvgIpc) is 3.19. The van der Waals surface area contributed by atoms with Gasteiger partial charge in [-0.2, -0.15) is 0 Å². The monoisotopic (exact) mass is 372 g/mol. The molecule has 1 aliphatic rings. The number of carbonyl (C=O) groups is 3. The van der Waals surface area contributed by atoms with Gasteiger partial charge in [0.2, 0.25) is 0 Å². The lowest BCUT2D eigenvalue weighted by Gasteiger charge is -2.30. The van der Waals surface area contributed by atoms with Crippen molar-refractivity contribution in [1.29, 1.82) is 0 Å². The molecule has 0 unspecified atom stereocenters. The van der Waals surface area contributed by atoms with Crippen molar-refractivity contribution in [2.45, 2.75) is 12.8 Å². The number of carbonyl (C=O) groups excluding carboxylic acids is 3. The summed E-state index contributed by atoms with van der Waals surface area (Å²) in [7, 11) is 0. The van der Waals surface area contributed by atoms with Crippen molar-refractivity contribution >= 4 is 34.7 Å². The second-order valence-corrected chi connectivity index (χ2v) is 6.86. The Morgan fingerprint density at radius 2 is 1.85 bits per heavy atom. The van der Waals surface area contributed by atoms with Gasteiger partial charge in [0.05, 0.1) is 18.0 Å². The molecular formula is C18H20N4O3S. The number of aryl methyl sites for hydroxylation is 1. The van der Waals surface area contributed by atoms with Crippen LogP contribution in [0.25, 0.3) is 0 Å². The highest BCUT2D eigenvalue weighted by molar-refractivity contribution is 7.12. The summed E-state index contributed by atoms with van der Waals surface area (Å²) >= 11 is 1.30. The molecule has 0 aliphatic carbocycles. The predicted molar refractivity (Wildman–Crippen MR) is 99.9 cm³/mol. The van der Waals surface area contributed by atoms with Crippen molar-refractivity contribution in [1.82, 2.24) is 16.2 Å². The molecule has 1 aromatic carbocycles. The maximum absolute atomic E-state index is 12.1. The van der Waals surface area contributed by atoms with E-state index in [2.05, 4.69) is 22.2 Å². The van der Waals surface area contributed by atoms with Crippen LogP contribution in [0.15, 0.2) is 41.8 Å². The number of para-hydroxylation sites is 1. The minimum atomic E-state index is -0.484. The molecule has 1 aromatic heterocycles. The Hall–Kier alpha value is -2.87. The third kappa shape index (κ3) is 4.60. The fourth-order valence-corrected chi connectivity index (χ4v) is 3.47. The minimum Gasteiger partial charge on any atom is -0.362 e. The zero-order valence-corrected chi connectivity index (χ0v) is 15.0. The van der Waals surface area contributed by atoms with Gasteiger partial charge in [0.1, 0.15) is 0 Å². The highest BCUT2D eigenvalue weighted by atomic mass is 32.1. The summed E-state index contributed by atoms with van der Waals surface area (Å²) in [5.41, 5.74) is 7.00. The fourth-order valence-electron chi connectivity index (χ4n) is 2.83. The zero-order valence-electron chi connectivity index (χ0n) is 14.2. The average molecular weight is 372 g/mol. The molecule has 3 rings (SSSR count). The molecule has 2 aromatic rings. The van der Waals surface area contributed by atoms with Gasteiger partial charge in [0.15, 0.2) is 0 Å². The van der Waals surface area contributed by atoms with Crippen LogP contribution >= 0.6 is 11.3 Å². The molecule has 1 aliphatic heterocycles. The fraction of sp³-hybridized carbons (Fsp3) is 0.278. The van der Waals surface area contributed by atoms with Gasteiger partial charge in [-0.15, -0.1) is 11.3 Å². The Balaban J connectivity index is 1.42. The van der Waals surface area contributed by atoms with E-state index in [4.69, 9.17) is 0 Å². The van der Waals surface area contributed by atoms with Crippen molar-refractivity contribution in [2.24, 2.45) is 0 Å². The summed E-state index contributed by atoms with van der Waals surface area (Å²) < 4.78 is 0. The molecule has 0 spiro atoms. The Bertz CT molecular complexity index is 791. The molecule has 3 amide bonds. The summed E-state index contributed by atoms with van der Waals surface area (Å²) in [5, 5.41) is 4.29. The van der Waals surface area contributed by atoms with Crippen LogP contribution in [-0.4, -0.2) is 37.4 Å². The molecule has 136 valence electrons. The van der Waals surface area contributed by atoms with Crippen molar-refractivity contribution in [3.8, 4) is 0 Å². The van der Waals surface area contributed by atoms with E-state index in [0.29, 0.717) is 4.88 Å². The summed E-state index contributed by atoms with van der Waals surface area (Å²) in [6.07, 6.45) is 2.00. The molecule has 7 nitrogen and oxygen atoms in total. The Morgan fingerprint density at radius 3 is 2.65 bits per heavy atom. The number of benzene rings is 1. The number of fused-ring (bicyclic) bond motifs is 1. The predicted octanol–water partition coefficient (Wildman–Crippen LogP) is 1.08. The molecule has 3 N–H and O–H groups in total. The number of nitrogens with zero attached hydrogens (tertiary/aromatic N) is 1. The van der Waals surface area contributed by atoms with E-state index in [1.807, 2.05) is 23.1 Å².